The summed E-state index contributed by atoms with van der Waals surface area (Å²) < 4.78 is 122. The molecule has 0 fully saturated rings. The number of aromatic nitrogens is 3. The van der Waals surface area contributed by atoms with Crippen molar-refractivity contribution in [2.24, 2.45) is 0 Å². The molecule has 6 heteroatoms. The van der Waals surface area contributed by atoms with Crippen LogP contribution in [-0.4, -0.2) is 20.4 Å². The molecule has 0 amide bonds. The molecule has 5 heterocycles. The summed E-state index contributed by atoms with van der Waals surface area (Å²) in [4.78, 5) is 4.57. The van der Waals surface area contributed by atoms with E-state index in [9.17, 15) is 16.4 Å². The maximum absolute atomic E-state index is 10.1. The van der Waals surface area contributed by atoms with E-state index in [-0.39, 0.29) is 56.9 Å². The van der Waals surface area contributed by atoms with E-state index < -0.39 is 55.1 Å². The van der Waals surface area contributed by atoms with Crippen LogP contribution in [0.2, 0.25) is 0 Å². The molecular weight excluding hydrogens is 1280 g/mol. The first-order valence-electron chi connectivity index (χ1n) is 41.9. The van der Waals surface area contributed by atoms with Gasteiger partial charge in [-0.05, 0) is 198 Å². The maximum atomic E-state index is 10.1. The molecule has 0 radical (unpaired) electrons. The van der Waals surface area contributed by atoms with Crippen molar-refractivity contribution in [3.05, 3.63) is 375 Å². The molecule has 0 N–H and O–H groups in total. The fourth-order valence-corrected chi connectivity index (χ4v) is 16.8. The molecule has 3 aromatic heterocycles. The zero-order valence-corrected chi connectivity index (χ0v) is 58.1. The number of anilines is 6. The highest BCUT2D eigenvalue weighted by Gasteiger charge is 2.45. The molecule has 0 unspecified atom stereocenters. The summed E-state index contributed by atoms with van der Waals surface area (Å²) in [7, 11) is 0. The first-order valence-corrected chi connectivity index (χ1v) is 35.9. The van der Waals surface area contributed by atoms with Crippen LogP contribution in [0, 0.1) is 0 Å². The Morgan fingerprint density at radius 3 is 1.12 bits per heavy atom. The minimum Gasteiger partial charge on any atom is -0.311 e. The number of fused-ring (bicyclic) bond motifs is 13. The van der Waals surface area contributed by atoms with Crippen LogP contribution < -0.4 is 26.2 Å². The van der Waals surface area contributed by atoms with Crippen LogP contribution in [0.3, 0.4) is 0 Å². The third-order valence-electron chi connectivity index (χ3n) is 21.7. The van der Waals surface area contributed by atoms with Crippen LogP contribution in [-0.2, 0) is 5.41 Å². The second kappa shape index (κ2) is 24.1. The third kappa shape index (κ3) is 9.78. The van der Waals surface area contributed by atoms with Gasteiger partial charge in [0.05, 0.1) is 55.2 Å². The smallest absolute Gasteiger partial charge is 0.252 e. The Morgan fingerprint density at radius 1 is 0.245 bits per heavy atom. The SMILES string of the molecule is [2H]c1c([2H])c([2H])c2c(c1[2H])c1cc(-n3c4ccccc4c4ccccc43)ccc1n2-c1ccc2c(c1)N(c1cc(-c3ccccc3)cc(-c3ccccc3)c1)c1cc(-n3c4c([2H])c([2H])c([2H])c([2H])c4c4c([2H])c([2H])c([2H])c([2H])c43)cc3c1B2c1ccc(-c2cccc(C(C)(C)C)c2)cc1N3c1cc(-c2ccccc2)cc(-c2ccccc2)c1. The Bertz CT molecular complexity index is 7280. The molecule has 2 aliphatic heterocycles. The summed E-state index contributed by atoms with van der Waals surface area (Å²) in [5.74, 6) is 0. The van der Waals surface area contributed by atoms with Crippen molar-refractivity contribution in [2.75, 3.05) is 9.80 Å². The lowest BCUT2D eigenvalue weighted by Gasteiger charge is -2.45. The molecule has 21 rings (SSSR count). The van der Waals surface area contributed by atoms with E-state index in [0.29, 0.717) is 50.4 Å². The molecule has 2 aliphatic rings. The first-order chi connectivity index (χ1) is 57.2. The van der Waals surface area contributed by atoms with Crippen LogP contribution in [0.5, 0.6) is 0 Å². The maximum Gasteiger partial charge on any atom is 0.252 e. The van der Waals surface area contributed by atoms with E-state index in [1.807, 2.05) is 126 Å². The Morgan fingerprint density at radius 2 is 0.623 bits per heavy atom. The number of nitrogens with zero attached hydrogens (tertiary/aromatic N) is 5. The van der Waals surface area contributed by atoms with Gasteiger partial charge in [-0.1, -0.05) is 275 Å². The molecule has 5 nitrogen and oxygen atoms in total. The van der Waals surface area contributed by atoms with E-state index in [4.69, 9.17) is 0 Å². The summed E-state index contributed by atoms with van der Waals surface area (Å²) in [6, 6.07) is 97.6. The van der Waals surface area contributed by atoms with Gasteiger partial charge < -0.3 is 23.5 Å². The van der Waals surface area contributed by atoms with Gasteiger partial charge in [0.1, 0.15) is 0 Å². The zero-order valence-electron chi connectivity index (χ0n) is 70.1. The molecule has 0 spiro atoms. The molecular formula is C100H70BN5. The molecule has 0 saturated carbocycles. The van der Waals surface area contributed by atoms with E-state index in [1.165, 1.54) is 0 Å². The molecule has 16 aromatic carbocycles. The molecule has 0 atom stereocenters. The van der Waals surface area contributed by atoms with Crippen LogP contribution >= 0.6 is 0 Å². The van der Waals surface area contributed by atoms with Gasteiger partial charge in [-0.3, -0.25) is 0 Å². The van der Waals surface area contributed by atoms with Crippen LogP contribution in [0.25, 0.3) is 138 Å². The third-order valence-corrected chi connectivity index (χ3v) is 21.7. The molecule has 0 saturated heterocycles. The Hall–Kier alpha value is -13.4. The van der Waals surface area contributed by atoms with E-state index in [2.05, 4.69) is 211 Å². The zero-order chi connectivity index (χ0) is 80.7. The number of benzene rings is 16. The standard InChI is InChI=1S/C100H70BN5/c1-100(2,3)75-36-26-35-69(55-75)70-47-50-87-95(60-70)105(78-56-71(65-27-8-4-9-28-65)53-72(57-78)66-29-10-5-11-30-66)97-63-80(104-91-44-23-18-39-83(91)84-40-19-24-45-92(84)104)64-98-99(97)101(87)88-51-48-77(62-96(88)106(98)79-58-73(67-31-12-6-13-32-67)54-74(59-79)68-33-14-7-15-34-68)103-93-46-25-20-41-85(93)86-61-76(49-52-94(86)103)102-89-42-21-16-37-81(89)82-38-17-22-43-90(82)102/h4-64H,1-3H3/i18D,19D,20D,23D,24D,25D,39D,40D,41D,44D,45D,46D. The lowest BCUT2D eigenvalue weighted by atomic mass is 9.33. The second-order valence-electron chi connectivity index (χ2n) is 28.8. The fraction of sp³-hybridized carbons (Fsp3) is 0.0400. The minimum atomic E-state index is -0.630. The number of hydrogen-bond acceptors (Lipinski definition) is 2. The van der Waals surface area contributed by atoms with Crippen LogP contribution in [0.15, 0.2) is 370 Å². The summed E-state index contributed by atoms with van der Waals surface area (Å²) in [5, 5.41) is 2.96. The van der Waals surface area contributed by atoms with Crippen molar-refractivity contribution in [3.63, 3.8) is 0 Å². The average Bonchev–Trinajstić information content (AvgIpc) is 0.775. The van der Waals surface area contributed by atoms with Crippen molar-refractivity contribution >= 4 is 123 Å². The Kier molecular flexibility index (Phi) is 11.4. The van der Waals surface area contributed by atoms with Crippen molar-refractivity contribution in [1.29, 1.82) is 0 Å². The summed E-state index contributed by atoms with van der Waals surface area (Å²) in [6.07, 6.45) is 0. The van der Waals surface area contributed by atoms with Crippen LogP contribution in [0.1, 0.15) is 42.8 Å². The van der Waals surface area contributed by atoms with Crippen molar-refractivity contribution in [1.82, 2.24) is 13.7 Å². The van der Waals surface area contributed by atoms with Gasteiger partial charge in [0.15, 0.2) is 0 Å². The molecule has 0 bridgehead atoms. The highest BCUT2D eigenvalue weighted by Crippen LogP contribution is 2.51. The lowest BCUT2D eigenvalue weighted by Crippen LogP contribution is -2.61. The van der Waals surface area contributed by atoms with Gasteiger partial charge in [-0.25, -0.2) is 0 Å². The van der Waals surface area contributed by atoms with Gasteiger partial charge in [0.2, 0.25) is 0 Å². The summed E-state index contributed by atoms with van der Waals surface area (Å²) in [6.45, 7) is 6.01. The first kappa shape index (κ1) is 50.0. The quantitative estimate of drug-likeness (QED) is 0.127. The number of para-hydroxylation sites is 5. The lowest BCUT2D eigenvalue weighted by molar-refractivity contribution is 0.590. The largest absolute Gasteiger partial charge is 0.311 e. The molecule has 498 valence electrons. The Labute approximate surface area is 633 Å². The van der Waals surface area contributed by atoms with Crippen molar-refractivity contribution < 1.29 is 16.4 Å². The molecule has 19 aromatic rings. The van der Waals surface area contributed by atoms with Gasteiger partial charge in [0, 0.05) is 77.8 Å². The van der Waals surface area contributed by atoms with Gasteiger partial charge >= 0.3 is 0 Å². The fourth-order valence-electron chi connectivity index (χ4n) is 16.8. The Balaban J connectivity index is 0.938. The van der Waals surface area contributed by atoms with Gasteiger partial charge in [0.25, 0.3) is 6.71 Å². The minimum absolute atomic E-state index is 0.0439. The van der Waals surface area contributed by atoms with Crippen molar-refractivity contribution in [3.8, 4) is 72.7 Å². The highest BCUT2D eigenvalue weighted by atomic mass is 15.2. The van der Waals surface area contributed by atoms with E-state index >= 15 is 0 Å². The predicted molar refractivity (Wildman–Crippen MR) is 449 cm³/mol. The predicted octanol–water partition coefficient (Wildman–Crippen LogP) is 24.7. The van der Waals surface area contributed by atoms with E-state index in [1.54, 1.807) is 4.57 Å². The number of hydrogen-bond donors (Lipinski definition) is 0. The summed E-state index contributed by atoms with van der Waals surface area (Å²) in [5.41, 5.74) is 21.7. The van der Waals surface area contributed by atoms with Gasteiger partial charge in [-0.15, -0.1) is 0 Å². The topological polar surface area (TPSA) is 21.3 Å². The van der Waals surface area contributed by atoms with Crippen LogP contribution in [0.4, 0.5) is 34.1 Å². The number of rotatable bonds is 10. The monoisotopic (exact) mass is 1360 g/mol. The van der Waals surface area contributed by atoms with E-state index in [0.717, 1.165) is 116 Å². The normalized spacial score (nSPS) is 14.2. The summed E-state index contributed by atoms with van der Waals surface area (Å²) >= 11 is 0. The van der Waals surface area contributed by atoms with Gasteiger partial charge in [-0.2, -0.15) is 0 Å². The molecule has 0 aliphatic carbocycles. The molecule has 106 heavy (non-hydrogen) atoms. The highest BCUT2D eigenvalue weighted by molar-refractivity contribution is 7.00. The van der Waals surface area contributed by atoms with Crippen molar-refractivity contribution in [2.45, 2.75) is 26.2 Å². The second-order valence-corrected chi connectivity index (χ2v) is 28.8. The average molecular weight is 1360 g/mol.